The largest absolute Gasteiger partial charge is 0.484 e. The number of rotatable bonds is 7. The Morgan fingerprint density at radius 3 is 2.50 bits per heavy atom. The molecule has 0 unspecified atom stereocenters. The minimum Gasteiger partial charge on any atom is -0.484 e. The SMILES string of the molecule is CCOC(=O)[C@@H](C)N1C(=O)S/C(=C/c2ccc(OCC(N)=O)cc2)C1=O. The highest BCUT2D eigenvalue weighted by atomic mass is 32.2. The smallest absolute Gasteiger partial charge is 0.329 e. The van der Waals surface area contributed by atoms with Gasteiger partial charge in [-0.15, -0.1) is 0 Å². The van der Waals surface area contributed by atoms with Crippen LogP contribution in [0.4, 0.5) is 4.79 Å². The molecule has 138 valence electrons. The molecule has 2 N–H and O–H groups in total. The second-order valence-electron chi connectivity index (χ2n) is 5.30. The molecule has 1 saturated heterocycles. The Morgan fingerprint density at radius 2 is 1.92 bits per heavy atom. The zero-order valence-electron chi connectivity index (χ0n) is 14.3. The molecule has 0 aliphatic carbocycles. The first-order valence-electron chi connectivity index (χ1n) is 7.78. The lowest BCUT2D eigenvalue weighted by atomic mass is 10.2. The highest BCUT2D eigenvalue weighted by Gasteiger charge is 2.41. The Balaban J connectivity index is 2.11. The molecule has 1 aromatic carbocycles. The molecular weight excluding hydrogens is 360 g/mol. The summed E-state index contributed by atoms with van der Waals surface area (Å²) in [6, 6.07) is 5.57. The molecule has 8 nitrogen and oxygen atoms in total. The highest BCUT2D eigenvalue weighted by molar-refractivity contribution is 8.18. The molecule has 1 fully saturated rings. The van der Waals surface area contributed by atoms with E-state index in [4.69, 9.17) is 15.2 Å². The summed E-state index contributed by atoms with van der Waals surface area (Å²) in [5, 5.41) is -0.525. The van der Waals surface area contributed by atoms with Crippen LogP contribution >= 0.6 is 11.8 Å². The first-order chi connectivity index (χ1) is 12.3. The maximum Gasteiger partial charge on any atom is 0.329 e. The van der Waals surface area contributed by atoms with Crippen molar-refractivity contribution in [2.45, 2.75) is 19.9 Å². The molecule has 0 saturated carbocycles. The van der Waals surface area contributed by atoms with E-state index in [1.165, 1.54) is 6.92 Å². The number of imide groups is 1. The van der Waals surface area contributed by atoms with Crippen molar-refractivity contribution in [1.29, 1.82) is 0 Å². The summed E-state index contributed by atoms with van der Waals surface area (Å²) in [4.78, 5) is 48.1. The summed E-state index contributed by atoms with van der Waals surface area (Å²) < 4.78 is 10.0. The molecule has 0 bridgehead atoms. The lowest BCUT2D eigenvalue weighted by molar-refractivity contribution is -0.150. The van der Waals surface area contributed by atoms with Crippen molar-refractivity contribution < 1.29 is 28.7 Å². The van der Waals surface area contributed by atoms with Crippen LogP contribution in [0, 0.1) is 0 Å². The van der Waals surface area contributed by atoms with Crippen LogP contribution in [0.5, 0.6) is 5.75 Å². The number of nitrogens with two attached hydrogens (primary N) is 1. The Labute approximate surface area is 154 Å². The van der Waals surface area contributed by atoms with Crippen LogP contribution < -0.4 is 10.5 Å². The van der Waals surface area contributed by atoms with Crippen LogP contribution in [-0.4, -0.2) is 47.2 Å². The topological polar surface area (TPSA) is 116 Å². The molecule has 1 aliphatic heterocycles. The van der Waals surface area contributed by atoms with Gasteiger partial charge < -0.3 is 15.2 Å². The van der Waals surface area contributed by atoms with Crippen LogP contribution in [-0.2, 0) is 19.1 Å². The van der Waals surface area contributed by atoms with Crippen LogP contribution in [0.15, 0.2) is 29.2 Å². The number of amides is 3. The van der Waals surface area contributed by atoms with E-state index in [0.29, 0.717) is 11.3 Å². The molecule has 2 rings (SSSR count). The quantitative estimate of drug-likeness (QED) is 0.565. The summed E-state index contributed by atoms with van der Waals surface area (Å²) in [5.74, 6) is -1.31. The number of thioether (sulfide) groups is 1. The van der Waals surface area contributed by atoms with Gasteiger partial charge in [0.1, 0.15) is 11.8 Å². The van der Waals surface area contributed by atoms with Crippen LogP contribution in [0.1, 0.15) is 19.4 Å². The van der Waals surface area contributed by atoms with E-state index in [2.05, 4.69) is 0 Å². The van der Waals surface area contributed by atoms with E-state index in [1.54, 1.807) is 37.3 Å². The van der Waals surface area contributed by atoms with Crippen molar-refractivity contribution in [3.8, 4) is 5.75 Å². The maximum absolute atomic E-state index is 12.4. The zero-order valence-corrected chi connectivity index (χ0v) is 15.1. The number of hydrogen-bond donors (Lipinski definition) is 1. The molecule has 1 atom stereocenters. The van der Waals surface area contributed by atoms with Crippen molar-refractivity contribution >= 4 is 40.9 Å². The second kappa shape index (κ2) is 8.52. The number of nitrogens with zero attached hydrogens (tertiary/aromatic N) is 1. The van der Waals surface area contributed by atoms with Crippen molar-refractivity contribution in [3.63, 3.8) is 0 Å². The monoisotopic (exact) mass is 378 g/mol. The Morgan fingerprint density at radius 1 is 1.27 bits per heavy atom. The van der Waals surface area contributed by atoms with Crippen molar-refractivity contribution in [2.75, 3.05) is 13.2 Å². The lowest BCUT2D eigenvalue weighted by Gasteiger charge is -2.19. The molecule has 0 radical (unpaired) electrons. The number of carbonyl (C=O) groups excluding carboxylic acids is 4. The number of primary amides is 1. The number of hydrogen-bond acceptors (Lipinski definition) is 7. The Bertz CT molecular complexity index is 759. The molecular formula is C17H18N2O6S. The number of carbonyl (C=O) groups is 4. The summed E-state index contributed by atoms with van der Waals surface area (Å²) >= 11 is 0.757. The summed E-state index contributed by atoms with van der Waals surface area (Å²) in [5.41, 5.74) is 5.66. The molecule has 26 heavy (non-hydrogen) atoms. The van der Waals surface area contributed by atoms with Crippen LogP contribution in [0.3, 0.4) is 0 Å². The zero-order chi connectivity index (χ0) is 19.3. The van der Waals surface area contributed by atoms with E-state index in [0.717, 1.165) is 16.7 Å². The fourth-order valence-electron chi connectivity index (χ4n) is 2.15. The van der Waals surface area contributed by atoms with Gasteiger partial charge in [0.2, 0.25) is 0 Å². The molecule has 1 aliphatic rings. The van der Waals surface area contributed by atoms with Crippen molar-refractivity contribution in [3.05, 3.63) is 34.7 Å². The van der Waals surface area contributed by atoms with Gasteiger partial charge in [0.15, 0.2) is 6.61 Å². The summed E-state index contributed by atoms with van der Waals surface area (Å²) in [6.45, 7) is 3.03. The first kappa shape index (κ1) is 19.5. The van der Waals surface area contributed by atoms with E-state index in [-0.39, 0.29) is 18.1 Å². The van der Waals surface area contributed by atoms with E-state index < -0.39 is 29.1 Å². The fraction of sp³-hybridized carbons (Fsp3) is 0.294. The van der Waals surface area contributed by atoms with Gasteiger partial charge in [-0.05, 0) is 49.4 Å². The summed E-state index contributed by atoms with van der Waals surface area (Å²) in [6.07, 6.45) is 1.54. The van der Waals surface area contributed by atoms with Gasteiger partial charge in [-0.25, -0.2) is 4.79 Å². The van der Waals surface area contributed by atoms with Gasteiger partial charge in [-0.1, -0.05) is 12.1 Å². The van der Waals surface area contributed by atoms with Gasteiger partial charge in [0.05, 0.1) is 11.5 Å². The normalized spacial score (nSPS) is 16.7. The molecule has 3 amide bonds. The van der Waals surface area contributed by atoms with E-state index >= 15 is 0 Å². The fourth-order valence-corrected chi connectivity index (χ4v) is 3.06. The predicted octanol–water partition coefficient (Wildman–Crippen LogP) is 1.54. The van der Waals surface area contributed by atoms with E-state index in [1.807, 2.05) is 0 Å². The van der Waals surface area contributed by atoms with Gasteiger partial charge in [0.25, 0.3) is 17.1 Å². The first-order valence-corrected chi connectivity index (χ1v) is 8.60. The molecule has 0 spiro atoms. The maximum atomic E-state index is 12.4. The van der Waals surface area contributed by atoms with E-state index in [9.17, 15) is 19.2 Å². The lowest BCUT2D eigenvalue weighted by Crippen LogP contribution is -2.42. The highest BCUT2D eigenvalue weighted by Crippen LogP contribution is 2.34. The third-order valence-electron chi connectivity index (χ3n) is 3.40. The van der Waals surface area contributed by atoms with Crippen LogP contribution in [0.25, 0.3) is 6.08 Å². The third-order valence-corrected chi connectivity index (χ3v) is 4.28. The van der Waals surface area contributed by atoms with Gasteiger partial charge in [0, 0.05) is 0 Å². The average molecular weight is 378 g/mol. The minimum absolute atomic E-state index is 0.166. The number of benzene rings is 1. The van der Waals surface area contributed by atoms with Crippen LogP contribution in [0.2, 0.25) is 0 Å². The van der Waals surface area contributed by atoms with Crippen molar-refractivity contribution in [1.82, 2.24) is 4.90 Å². The van der Waals surface area contributed by atoms with Gasteiger partial charge in [-0.2, -0.15) is 0 Å². The molecule has 1 aromatic rings. The van der Waals surface area contributed by atoms with Gasteiger partial charge >= 0.3 is 5.97 Å². The third kappa shape index (κ3) is 4.63. The molecule has 0 aromatic heterocycles. The Kier molecular flexibility index (Phi) is 6.40. The molecule has 9 heteroatoms. The second-order valence-corrected chi connectivity index (χ2v) is 6.30. The number of esters is 1. The average Bonchev–Trinajstić information content (AvgIpc) is 2.87. The summed E-state index contributed by atoms with van der Waals surface area (Å²) in [7, 11) is 0. The molecule has 1 heterocycles. The standard InChI is InChI=1S/C17H18N2O6S/c1-3-24-16(22)10(2)19-15(21)13(26-17(19)23)8-11-4-6-12(7-5-11)25-9-14(18)20/h4-8,10H,3,9H2,1-2H3,(H2,18,20)/b13-8+/t10-/m1/s1. The predicted molar refractivity (Wildman–Crippen MR) is 95.0 cm³/mol. The van der Waals surface area contributed by atoms with Crippen molar-refractivity contribution in [2.24, 2.45) is 5.73 Å². The van der Waals surface area contributed by atoms with Gasteiger partial charge in [-0.3, -0.25) is 19.3 Å². The number of ether oxygens (including phenoxy) is 2. The Hall–Kier alpha value is -2.81. The minimum atomic E-state index is -0.988.